The lowest BCUT2D eigenvalue weighted by Crippen LogP contribution is -2.57. The number of fused-ring (bicyclic) bond motifs is 2. The molecule has 0 bridgehead atoms. The van der Waals surface area contributed by atoms with Crippen LogP contribution in [0.5, 0.6) is 0 Å². The Morgan fingerprint density at radius 1 is 0.943 bits per heavy atom. The summed E-state index contributed by atoms with van der Waals surface area (Å²) in [5, 5.41) is 0.304. The fourth-order valence-corrected chi connectivity index (χ4v) is 8.56. The molecule has 0 aromatic heterocycles. The van der Waals surface area contributed by atoms with Gasteiger partial charge in [0.25, 0.3) is 0 Å². The molecule has 3 rings (SSSR count). The molecule has 0 N–H and O–H groups in total. The van der Waals surface area contributed by atoms with Crippen LogP contribution in [0.2, 0.25) is 36.3 Å². The molecular formula is C27H54O5SSi2. The maximum atomic E-state index is 7.09. The van der Waals surface area contributed by atoms with Crippen molar-refractivity contribution in [2.24, 2.45) is 0 Å². The Labute approximate surface area is 222 Å². The van der Waals surface area contributed by atoms with Crippen molar-refractivity contribution < 1.29 is 23.1 Å². The Balaban J connectivity index is 1.90. The first-order valence-electron chi connectivity index (χ1n) is 13.9. The summed E-state index contributed by atoms with van der Waals surface area (Å²) in [6.07, 6.45) is 5.22. The number of thioether (sulfide) groups is 1. The van der Waals surface area contributed by atoms with Gasteiger partial charge in [0.1, 0.15) is 11.0 Å². The predicted molar refractivity (Wildman–Crippen MR) is 152 cm³/mol. The molecule has 3 aliphatic heterocycles. The Morgan fingerprint density at radius 3 is 2.20 bits per heavy atom. The number of hydrogen-bond acceptors (Lipinski definition) is 6. The third kappa shape index (κ3) is 6.78. The molecule has 3 heterocycles. The van der Waals surface area contributed by atoms with Crippen molar-refractivity contribution in [3.8, 4) is 0 Å². The molecule has 0 radical (unpaired) electrons. The van der Waals surface area contributed by atoms with E-state index in [0.717, 1.165) is 44.5 Å². The van der Waals surface area contributed by atoms with E-state index in [1.165, 1.54) is 0 Å². The van der Waals surface area contributed by atoms with Gasteiger partial charge < -0.3 is 23.1 Å². The van der Waals surface area contributed by atoms with Crippen molar-refractivity contribution in [2.75, 3.05) is 19.0 Å². The highest BCUT2D eigenvalue weighted by Crippen LogP contribution is 2.50. The molecule has 3 fully saturated rings. The van der Waals surface area contributed by atoms with Gasteiger partial charge in [-0.3, -0.25) is 0 Å². The van der Waals surface area contributed by atoms with E-state index in [9.17, 15) is 0 Å². The zero-order valence-corrected chi connectivity index (χ0v) is 27.3. The largest absolute Gasteiger partial charge is 0.414 e. The number of rotatable bonds is 7. The highest BCUT2D eigenvalue weighted by molar-refractivity contribution is 8.00. The molecule has 0 amide bonds. The summed E-state index contributed by atoms with van der Waals surface area (Å²) in [5.74, 6) is 1.01. The average Bonchev–Trinajstić information content (AvgIpc) is 2.86. The summed E-state index contributed by atoms with van der Waals surface area (Å²) in [7, 11) is -3.91. The molecule has 0 aromatic rings. The maximum absolute atomic E-state index is 7.09. The summed E-state index contributed by atoms with van der Waals surface area (Å²) >= 11 is 1.93. The average molecular weight is 547 g/mol. The van der Waals surface area contributed by atoms with Gasteiger partial charge in [-0.25, -0.2) is 0 Å². The normalized spacial score (nSPS) is 35.2. The van der Waals surface area contributed by atoms with Crippen LogP contribution in [-0.4, -0.2) is 71.1 Å². The quantitative estimate of drug-likeness (QED) is 0.311. The number of hydrogen-bond donors (Lipinski definition) is 0. The van der Waals surface area contributed by atoms with Crippen molar-refractivity contribution in [3.63, 3.8) is 0 Å². The minimum absolute atomic E-state index is 0.00664. The predicted octanol–water partition coefficient (Wildman–Crippen LogP) is 7.36. The molecule has 206 valence electrons. The van der Waals surface area contributed by atoms with E-state index in [1.807, 2.05) is 11.8 Å². The standard InChI is InChI=1S/C27H54O5SSi2/c1-12-33-27-16-15-21(32-35(10,11)26(5,6)7)23(19-29-34(8,9)25(2,3)4)30-24(27)18-22-20(31-27)14-13-17-28-22/h20-24H,12-19H2,1-11H3/t20-,21-,22+,23+,24-,27-/m0/s1. The molecule has 8 heteroatoms. The van der Waals surface area contributed by atoms with E-state index < -0.39 is 16.6 Å². The maximum Gasteiger partial charge on any atom is 0.192 e. The van der Waals surface area contributed by atoms with Gasteiger partial charge in [0.05, 0.1) is 31.0 Å². The van der Waals surface area contributed by atoms with Crippen molar-refractivity contribution in [1.82, 2.24) is 0 Å². The van der Waals surface area contributed by atoms with Crippen LogP contribution in [0.1, 0.15) is 80.6 Å². The van der Waals surface area contributed by atoms with Gasteiger partial charge >= 0.3 is 0 Å². The number of ether oxygens (including phenoxy) is 3. The van der Waals surface area contributed by atoms with Gasteiger partial charge in [0.2, 0.25) is 0 Å². The Morgan fingerprint density at radius 2 is 1.60 bits per heavy atom. The van der Waals surface area contributed by atoms with Crippen LogP contribution < -0.4 is 0 Å². The first kappa shape index (κ1) is 30.1. The van der Waals surface area contributed by atoms with Gasteiger partial charge in [-0.05, 0) is 67.7 Å². The highest BCUT2D eigenvalue weighted by Gasteiger charge is 2.55. The van der Waals surface area contributed by atoms with E-state index >= 15 is 0 Å². The second kappa shape index (κ2) is 11.0. The second-order valence-electron chi connectivity index (χ2n) is 13.9. The van der Waals surface area contributed by atoms with E-state index in [1.54, 1.807) is 0 Å². The van der Waals surface area contributed by atoms with E-state index in [0.29, 0.717) is 6.61 Å². The summed E-state index contributed by atoms with van der Waals surface area (Å²) in [6, 6.07) is 0. The van der Waals surface area contributed by atoms with Gasteiger partial charge in [0, 0.05) is 13.0 Å². The van der Waals surface area contributed by atoms with E-state index in [2.05, 4.69) is 74.7 Å². The molecule has 0 saturated carbocycles. The van der Waals surface area contributed by atoms with Crippen LogP contribution in [0.25, 0.3) is 0 Å². The lowest BCUT2D eigenvalue weighted by molar-refractivity contribution is -0.233. The molecule has 35 heavy (non-hydrogen) atoms. The topological polar surface area (TPSA) is 46.2 Å². The zero-order chi connectivity index (χ0) is 26.3. The van der Waals surface area contributed by atoms with E-state index in [4.69, 9.17) is 23.1 Å². The zero-order valence-electron chi connectivity index (χ0n) is 24.5. The molecule has 0 unspecified atom stereocenters. The van der Waals surface area contributed by atoms with Crippen LogP contribution in [0, 0.1) is 0 Å². The van der Waals surface area contributed by atoms with Gasteiger partial charge in [0.15, 0.2) is 16.6 Å². The lowest BCUT2D eigenvalue weighted by Gasteiger charge is -2.50. The van der Waals surface area contributed by atoms with Gasteiger partial charge in [-0.2, -0.15) is 0 Å². The third-order valence-corrected chi connectivity index (χ3v) is 19.6. The molecule has 3 saturated heterocycles. The van der Waals surface area contributed by atoms with Crippen LogP contribution >= 0.6 is 11.8 Å². The summed E-state index contributed by atoms with van der Waals surface area (Å²) < 4.78 is 34.0. The highest BCUT2D eigenvalue weighted by atomic mass is 32.2. The Kier molecular flexibility index (Phi) is 9.46. The molecule has 5 nitrogen and oxygen atoms in total. The summed E-state index contributed by atoms with van der Waals surface area (Å²) in [4.78, 5) is -0.322. The lowest BCUT2D eigenvalue weighted by atomic mass is 9.91. The molecule has 0 aliphatic carbocycles. The van der Waals surface area contributed by atoms with Crippen LogP contribution in [-0.2, 0) is 23.1 Å². The van der Waals surface area contributed by atoms with Crippen LogP contribution in [0.15, 0.2) is 0 Å². The Hall–Kier alpha value is 0.584. The van der Waals surface area contributed by atoms with Crippen molar-refractivity contribution in [1.29, 1.82) is 0 Å². The van der Waals surface area contributed by atoms with Gasteiger partial charge in [-0.1, -0.05) is 48.5 Å². The summed E-state index contributed by atoms with van der Waals surface area (Å²) in [5.41, 5.74) is 0. The first-order valence-corrected chi connectivity index (χ1v) is 20.7. The van der Waals surface area contributed by atoms with Crippen LogP contribution in [0.4, 0.5) is 0 Å². The molecule has 0 aromatic carbocycles. The summed E-state index contributed by atoms with van der Waals surface area (Å²) in [6.45, 7) is 26.9. The second-order valence-corrected chi connectivity index (χ2v) is 25.0. The molecular weight excluding hydrogens is 493 g/mol. The SMILES string of the molecule is CCS[C@@]12CC[C@H](O[Si](C)(C)C(C)(C)C)[C@@H](CO[Si](C)(C)C(C)(C)C)O[C@H]1C[C@H]1OCCC[C@@H]1O2. The van der Waals surface area contributed by atoms with Crippen molar-refractivity contribution in [3.05, 3.63) is 0 Å². The van der Waals surface area contributed by atoms with Crippen molar-refractivity contribution in [2.45, 2.75) is 152 Å². The smallest absolute Gasteiger partial charge is 0.192 e. The fraction of sp³-hybridized carbons (Fsp3) is 1.00. The minimum atomic E-state index is -1.99. The van der Waals surface area contributed by atoms with Gasteiger partial charge in [-0.15, -0.1) is 11.8 Å². The van der Waals surface area contributed by atoms with E-state index in [-0.39, 0.29) is 45.5 Å². The third-order valence-electron chi connectivity index (χ3n) is 9.25. The molecule has 6 atom stereocenters. The van der Waals surface area contributed by atoms with Crippen LogP contribution in [0.3, 0.4) is 0 Å². The molecule has 3 aliphatic rings. The Bertz CT molecular complexity index is 705. The van der Waals surface area contributed by atoms with Crippen molar-refractivity contribution >= 4 is 28.4 Å². The first-order chi connectivity index (χ1) is 16.0. The fourth-order valence-electron chi connectivity index (χ4n) is 4.88. The molecule has 0 spiro atoms. The monoisotopic (exact) mass is 546 g/mol. The minimum Gasteiger partial charge on any atom is -0.414 e.